The van der Waals surface area contributed by atoms with Crippen molar-refractivity contribution in [2.24, 2.45) is 0 Å². The Morgan fingerprint density at radius 2 is 1.96 bits per heavy atom. The van der Waals surface area contributed by atoms with E-state index in [2.05, 4.69) is 15.0 Å². The molecule has 7 heteroatoms. The number of aromatic nitrogens is 3. The van der Waals surface area contributed by atoms with Crippen molar-refractivity contribution >= 4 is 22.9 Å². The highest BCUT2D eigenvalue weighted by molar-refractivity contribution is 7.16. The van der Waals surface area contributed by atoms with Gasteiger partial charge < -0.3 is 9.64 Å². The summed E-state index contributed by atoms with van der Waals surface area (Å²) in [6.07, 6.45) is 5.70. The lowest BCUT2D eigenvalue weighted by Crippen LogP contribution is -2.30. The molecule has 2 aromatic heterocycles. The summed E-state index contributed by atoms with van der Waals surface area (Å²) < 4.78 is 5.71. The van der Waals surface area contributed by atoms with Gasteiger partial charge in [0.05, 0.1) is 18.5 Å². The first-order valence-electron chi connectivity index (χ1n) is 7.60. The summed E-state index contributed by atoms with van der Waals surface area (Å²) in [4.78, 5) is 27.9. The predicted octanol–water partition coefficient (Wildman–Crippen LogP) is 3.03. The Kier molecular flexibility index (Phi) is 3.92. The van der Waals surface area contributed by atoms with Gasteiger partial charge in [0, 0.05) is 18.9 Å². The second kappa shape index (κ2) is 6.37. The Hall–Kier alpha value is -2.80. The van der Waals surface area contributed by atoms with Crippen molar-refractivity contribution in [3.8, 4) is 16.6 Å². The van der Waals surface area contributed by atoms with Crippen molar-refractivity contribution < 1.29 is 9.53 Å². The first kappa shape index (κ1) is 14.8. The lowest BCUT2D eigenvalue weighted by Gasteiger charge is -2.20. The van der Waals surface area contributed by atoms with Crippen LogP contribution in [0.1, 0.15) is 16.1 Å². The molecule has 0 atom stereocenters. The molecule has 0 spiro atoms. The van der Waals surface area contributed by atoms with Gasteiger partial charge in [-0.25, -0.2) is 15.0 Å². The molecule has 4 rings (SSSR count). The van der Waals surface area contributed by atoms with Gasteiger partial charge in [-0.3, -0.25) is 4.79 Å². The first-order chi connectivity index (χ1) is 11.8. The van der Waals surface area contributed by atoms with Crippen LogP contribution in [0.5, 0.6) is 5.75 Å². The molecule has 6 nitrogen and oxygen atoms in total. The standard InChI is InChI=1S/C17H14N4O2S/c22-17(14-11-20-16(24-14)15-18-7-3-8-19-15)21-9-4-10-23-13-6-2-1-5-12(13)21/h1-3,5-8,11H,4,9-10H2. The van der Waals surface area contributed by atoms with Crippen molar-refractivity contribution in [2.75, 3.05) is 18.1 Å². The van der Waals surface area contributed by atoms with Gasteiger partial charge >= 0.3 is 0 Å². The summed E-state index contributed by atoms with van der Waals surface area (Å²) in [7, 11) is 0. The number of amides is 1. The molecule has 1 aliphatic heterocycles. The zero-order valence-corrected chi connectivity index (χ0v) is 13.6. The number of hydrogen-bond acceptors (Lipinski definition) is 6. The maximum absolute atomic E-state index is 13.0. The number of thiazole rings is 1. The van der Waals surface area contributed by atoms with Crippen LogP contribution in [-0.2, 0) is 0 Å². The third-order valence-corrected chi connectivity index (χ3v) is 4.64. The smallest absolute Gasteiger partial charge is 0.270 e. The van der Waals surface area contributed by atoms with Gasteiger partial charge in [-0.1, -0.05) is 12.1 Å². The van der Waals surface area contributed by atoms with Crippen LogP contribution in [0.2, 0.25) is 0 Å². The number of para-hydroxylation sites is 2. The topological polar surface area (TPSA) is 68.2 Å². The van der Waals surface area contributed by atoms with Gasteiger partial charge in [-0.05, 0) is 24.6 Å². The Morgan fingerprint density at radius 1 is 1.12 bits per heavy atom. The quantitative estimate of drug-likeness (QED) is 0.718. The number of rotatable bonds is 2. The maximum atomic E-state index is 13.0. The fraction of sp³-hybridized carbons (Fsp3) is 0.176. The number of ether oxygens (including phenoxy) is 1. The van der Waals surface area contributed by atoms with E-state index in [9.17, 15) is 4.79 Å². The van der Waals surface area contributed by atoms with Crippen molar-refractivity contribution in [3.05, 3.63) is 53.8 Å². The van der Waals surface area contributed by atoms with Gasteiger partial charge in [-0.15, -0.1) is 11.3 Å². The Bertz CT molecular complexity index is 866. The molecule has 0 bridgehead atoms. The molecule has 0 saturated carbocycles. The zero-order valence-electron chi connectivity index (χ0n) is 12.8. The zero-order chi connectivity index (χ0) is 16.4. The van der Waals surface area contributed by atoms with E-state index in [4.69, 9.17) is 4.74 Å². The molecule has 3 heterocycles. The summed E-state index contributed by atoms with van der Waals surface area (Å²) in [6, 6.07) is 9.35. The minimum atomic E-state index is -0.0763. The van der Waals surface area contributed by atoms with E-state index in [1.54, 1.807) is 29.6 Å². The minimum absolute atomic E-state index is 0.0763. The average molecular weight is 338 g/mol. The SMILES string of the molecule is O=C(c1cnc(-c2ncccn2)s1)N1CCCOc2ccccc21. The predicted molar refractivity (Wildman–Crippen MR) is 91.4 cm³/mol. The number of benzene rings is 1. The molecule has 120 valence electrons. The van der Waals surface area contributed by atoms with E-state index in [0.717, 1.165) is 17.9 Å². The fourth-order valence-corrected chi connectivity index (χ4v) is 3.37. The number of carbonyl (C=O) groups excluding carboxylic acids is 1. The fourth-order valence-electron chi connectivity index (χ4n) is 2.56. The van der Waals surface area contributed by atoms with Crippen LogP contribution < -0.4 is 9.64 Å². The normalized spacial score (nSPS) is 13.8. The van der Waals surface area contributed by atoms with Crippen LogP contribution in [-0.4, -0.2) is 34.0 Å². The molecule has 1 aliphatic rings. The highest BCUT2D eigenvalue weighted by atomic mass is 32.1. The van der Waals surface area contributed by atoms with Crippen LogP contribution in [0.25, 0.3) is 10.8 Å². The van der Waals surface area contributed by atoms with Gasteiger partial charge in [0.1, 0.15) is 10.6 Å². The average Bonchev–Trinajstić information content (AvgIpc) is 3.03. The minimum Gasteiger partial charge on any atom is -0.491 e. The first-order valence-corrected chi connectivity index (χ1v) is 8.41. The Balaban J connectivity index is 1.66. The van der Waals surface area contributed by atoms with Crippen LogP contribution in [0, 0.1) is 0 Å². The van der Waals surface area contributed by atoms with Crippen molar-refractivity contribution in [3.63, 3.8) is 0 Å². The van der Waals surface area contributed by atoms with Gasteiger partial charge in [-0.2, -0.15) is 0 Å². The molecular weight excluding hydrogens is 324 g/mol. The molecule has 3 aromatic rings. The van der Waals surface area contributed by atoms with E-state index in [0.29, 0.717) is 28.9 Å². The molecule has 0 fully saturated rings. The number of hydrogen-bond donors (Lipinski definition) is 0. The van der Waals surface area contributed by atoms with Gasteiger partial charge in [0.25, 0.3) is 5.91 Å². The maximum Gasteiger partial charge on any atom is 0.270 e. The van der Waals surface area contributed by atoms with Crippen LogP contribution in [0.3, 0.4) is 0 Å². The number of carbonyl (C=O) groups is 1. The van der Waals surface area contributed by atoms with E-state index < -0.39 is 0 Å². The van der Waals surface area contributed by atoms with Crippen LogP contribution in [0.4, 0.5) is 5.69 Å². The van der Waals surface area contributed by atoms with E-state index >= 15 is 0 Å². The molecule has 0 aliphatic carbocycles. The van der Waals surface area contributed by atoms with Crippen molar-refractivity contribution in [1.29, 1.82) is 0 Å². The third kappa shape index (κ3) is 2.74. The summed E-state index contributed by atoms with van der Waals surface area (Å²) >= 11 is 1.30. The largest absolute Gasteiger partial charge is 0.491 e. The third-order valence-electron chi connectivity index (χ3n) is 3.66. The molecule has 0 radical (unpaired) electrons. The molecule has 1 aromatic carbocycles. The van der Waals surface area contributed by atoms with Gasteiger partial charge in [0.15, 0.2) is 10.8 Å². The summed E-state index contributed by atoms with van der Waals surface area (Å²) in [5, 5.41) is 0.637. The van der Waals surface area contributed by atoms with Crippen molar-refractivity contribution in [2.45, 2.75) is 6.42 Å². The molecular formula is C17H14N4O2S. The molecule has 0 N–H and O–H groups in total. The summed E-state index contributed by atoms with van der Waals surface area (Å²) in [5.41, 5.74) is 0.797. The van der Waals surface area contributed by atoms with E-state index in [1.807, 2.05) is 24.3 Å². The second-order valence-electron chi connectivity index (χ2n) is 5.23. The highest BCUT2D eigenvalue weighted by Crippen LogP contribution is 2.32. The van der Waals surface area contributed by atoms with Gasteiger partial charge in [0.2, 0.25) is 0 Å². The molecule has 1 amide bonds. The van der Waals surface area contributed by atoms with E-state index in [1.165, 1.54) is 11.3 Å². The second-order valence-corrected chi connectivity index (χ2v) is 6.26. The van der Waals surface area contributed by atoms with Crippen molar-refractivity contribution in [1.82, 2.24) is 15.0 Å². The van der Waals surface area contributed by atoms with Crippen LogP contribution in [0.15, 0.2) is 48.9 Å². The summed E-state index contributed by atoms with van der Waals surface area (Å²) in [6.45, 7) is 1.22. The Morgan fingerprint density at radius 3 is 2.83 bits per heavy atom. The number of anilines is 1. The monoisotopic (exact) mass is 338 g/mol. The number of nitrogens with zero attached hydrogens (tertiary/aromatic N) is 4. The molecule has 0 saturated heterocycles. The Labute approximate surface area is 142 Å². The number of fused-ring (bicyclic) bond motifs is 1. The van der Waals surface area contributed by atoms with E-state index in [-0.39, 0.29) is 5.91 Å². The lowest BCUT2D eigenvalue weighted by molar-refractivity contribution is 0.0991. The lowest BCUT2D eigenvalue weighted by atomic mass is 10.2. The van der Waals surface area contributed by atoms with Crippen LogP contribution >= 0.6 is 11.3 Å². The molecule has 0 unspecified atom stereocenters. The highest BCUT2D eigenvalue weighted by Gasteiger charge is 2.25. The summed E-state index contributed by atoms with van der Waals surface area (Å²) in [5.74, 6) is 1.19. The molecule has 24 heavy (non-hydrogen) atoms.